The molecule has 0 amide bonds. The zero-order valence-corrected chi connectivity index (χ0v) is 15.1. The molecule has 3 rings (SSSR count). The Morgan fingerprint density at radius 2 is 1.83 bits per heavy atom. The van der Waals surface area contributed by atoms with Crippen molar-refractivity contribution in [3.05, 3.63) is 86.5 Å². The molecule has 1 aromatic heterocycles. The highest BCUT2D eigenvalue weighted by Gasteiger charge is 2.05. The van der Waals surface area contributed by atoms with E-state index in [0.29, 0.717) is 6.61 Å². The summed E-state index contributed by atoms with van der Waals surface area (Å²) >= 11 is 5.31. The molecule has 0 saturated heterocycles. The van der Waals surface area contributed by atoms with Crippen LogP contribution in [0.2, 0.25) is 0 Å². The normalized spacial score (nSPS) is 10.7. The van der Waals surface area contributed by atoms with Crippen LogP contribution in [0, 0.1) is 0 Å². The average molecular weight is 388 g/mol. The molecule has 0 saturated carbocycles. The Labute approximate surface area is 149 Å². The topological polar surface area (TPSA) is 21.3 Å². The molecule has 0 spiro atoms. The molecule has 3 aromatic rings. The summed E-state index contributed by atoms with van der Waals surface area (Å²) in [5.74, 6) is 0.927. The van der Waals surface area contributed by atoms with Crippen molar-refractivity contribution in [2.45, 2.75) is 19.7 Å². The Kier molecular flexibility index (Phi) is 5.86. The predicted molar refractivity (Wildman–Crippen MR) is 99.8 cm³/mol. The van der Waals surface area contributed by atoms with Gasteiger partial charge in [-0.05, 0) is 35.2 Å². The molecule has 0 aliphatic heterocycles. The van der Waals surface area contributed by atoms with E-state index in [1.54, 1.807) is 11.3 Å². The summed E-state index contributed by atoms with van der Waals surface area (Å²) in [6.45, 7) is 2.24. The molecule has 0 atom stereocenters. The number of ether oxygens (including phenoxy) is 1. The maximum absolute atomic E-state index is 6.01. The van der Waals surface area contributed by atoms with Crippen LogP contribution in [0.15, 0.2) is 70.5 Å². The fourth-order valence-electron chi connectivity index (χ4n) is 2.30. The quantitative estimate of drug-likeness (QED) is 0.587. The van der Waals surface area contributed by atoms with Gasteiger partial charge in [-0.3, -0.25) is 0 Å². The van der Waals surface area contributed by atoms with Crippen LogP contribution in [0.5, 0.6) is 5.75 Å². The van der Waals surface area contributed by atoms with E-state index >= 15 is 0 Å². The molecule has 2 nitrogen and oxygen atoms in total. The molecule has 0 aliphatic carbocycles. The van der Waals surface area contributed by atoms with Gasteiger partial charge in [0.2, 0.25) is 0 Å². The third-order valence-electron chi connectivity index (χ3n) is 3.45. The van der Waals surface area contributed by atoms with E-state index in [2.05, 4.69) is 57.0 Å². The molecule has 1 heterocycles. The number of thiophene rings is 1. The molecular weight excluding hydrogens is 370 g/mol. The first kappa shape index (κ1) is 16.2. The van der Waals surface area contributed by atoms with Crippen molar-refractivity contribution >= 4 is 27.3 Å². The van der Waals surface area contributed by atoms with Crippen LogP contribution in [0.3, 0.4) is 0 Å². The minimum atomic E-state index is 0.584. The summed E-state index contributed by atoms with van der Waals surface area (Å²) in [5, 5.41) is 5.58. The van der Waals surface area contributed by atoms with Gasteiger partial charge in [0.05, 0.1) is 0 Å². The molecule has 0 aliphatic rings. The number of benzene rings is 2. The highest BCUT2D eigenvalue weighted by Crippen LogP contribution is 2.24. The first-order chi connectivity index (χ1) is 11.3. The first-order valence-corrected chi connectivity index (χ1v) is 9.17. The SMILES string of the molecule is Brc1ccc(OCc2ccccc2)c(CNCc2cccs2)c1. The van der Waals surface area contributed by atoms with E-state index in [9.17, 15) is 0 Å². The van der Waals surface area contributed by atoms with E-state index in [-0.39, 0.29) is 0 Å². The number of hydrogen-bond acceptors (Lipinski definition) is 3. The van der Waals surface area contributed by atoms with Crippen LogP contribution in [-0.4, -0.2) is 0 Å². The third kappa shape index (κ3) is 4.93. The molecule has 4 heteroatoms. The lowest BCUT2D eigenvalue weighted by atomic mass is 10.2. The van der Waals surface area contributed by atoms with Gasteiger partial charge < -0.3 is 10.1 Å². The van der Waals surface area contributed by atoms with Gasteiger partial charge in [0.25, 0.3) is 0 Å². The zero-order chi connectivity index (χ0) is 15.9. The van der Waals surface area contributed by atoms with E-state index < -0.39 is 0 Å². The summed E-state index contributed by atoms with van der Waals surface area (Å²) in [4.78, 5) is 1.34. The van der Waals surface area contributed by atoms with Crippen molar-refractivity contribution in [3.63, 3.8) is 0 Å². The summed E-state index contributed by atoms with van der Waals surface area (Å²) in [5.41, 5.74) is 2.33. The van der Waals surface area contributed by atoms with Crippen molar-refractivity contribution in [2.24, 2.45) is 0 Å². The number of nitrogens with one attached hydrogen (secondary N) is 1. The minimum absolute atomic E-state index is 0.584. The Hall–Kier alpha value is -1.62. The summed E-state index contributed by atoms with van der Waals surface area (Å²) in [6, 6.07) is 20.6. The molecule has 0 bridgehead atoms. The van der Waals surface area contributed by atoms with Crippen LogP contribution in [0.4, 0.5) is 0 Å². The van der Waals surface area contributed by atoms with E-state index in [1.165, 1.54) is 10.4 Å². The maximum atomic E-state index is 6.01. The highest BCUT2D eigenvalue weighted by atomic mass is 79.9. The van der Waals surface area contributed by atoms with Crippen molar-refractivity contribution in [1.29, 1.82) is 0 Å². The van der Waals surface area contributed by atoms with Gasteiger partial charge in [0, 0.05) is 28.0 Å². The van der Waals surface area contributed by atoms with Gasteiger partial charge in [-0.2, -0.15) is 0 Å². The standard InChI is InChI=1S/C19H18BrNOS/c20-17-8-9-19(22-14-15-5-2-1-3-6-15)16(11-17)12-21-13-18-7-4-10-23-18/h1-11,21H,12-14H2. The van der Waals surface area contributed by atoms with Crippen molar-refractivity contribution in [1.82, 2.24) is 5.32 Å². The number of halogens is 1. The largest absolute Gasteiger partial charge is 0.489 e. The molecule has 0 radical (unpaired) electrons. The average Bonchev–Trinajstić information content (AvgIpc) is 3.08. The molecule has 2 aromatic carbocycles. The fourth-order valence-corrected chi connectivity index (χ4v) is 3.38. The van der Waals surface area contributed by atoms with Crippen LogP contribution in [0.1, 0.15) is 16.0 Å². The zero-order valence-electron chi connectivity index (χ0n) is 12.7. The number of rotatable bonds is 7. The molecule has 0 unspecified atom stereocenters. The van der Waals surface area contributed by atoms with E-state index in [0.717, 1.165) is 28.9 Å². The highest BCUT2D eigenvalue weighted by molar-refractivity contribution is 9.10. The lowest BCUT2D eigenvalue weighted by Gasteiger charge is -2.13. The van der Waals surface area contributed by atoms with Crippen LogP contribution in [0.25, 0.3) is 0 Å². The second-order valence-electron chi connectivity index (χ2n) is 5.21. The fraction of sp³-hybridized carbons (Fsp3) is 0.158. The lowest BCUT2D eigenvalue weighted by molar-refractivity contribution is 0.302. The second kappa shape index (κ2) is 8.29. The molecule has 1 N–H and O–H groups in total. The van der Waals surface area contributed by atoms with E-state index in [1.807, 2.05) is 30.3 Å². The van der Waals surface area contributed by atoms with E-state index in [4.69, 9.17) is 4.74 Å². The molecular formula is C19H18BrNOS. The van der Waals surface area contributed by atoms with Gasteiger partial charge in [0.1, 0.15) is 12.4 Å². The molecule has 118 valence electrons. The molecule has 0 fully saturated rings. The summed E-state index contributed by atoms with van der Waals surface area (Å²) < 4.78 is 7.07. The van der Waals surface area contributed by atoms with Gasteiger partial charge >= 0.3 is 0 Å². The summed E-state index contributed by atoms with van der Waals surface area (Å²) in [6.07, 6.45) is 0. The lowest BCUT2D eigenvalue weighted by Crippen LogP contribution is -2.13. The molecule has 23 heavy (non-hydrogen) atoms. The Morgan fingerprint density at radius 1 is 0.957 bits per heavy atom. The predicted octanol–water partition coefficient (Wildman–Crippen LogP) is 5.38. The Bertz CT molecular complexity index is 728. The third-order valence-corrected chi connectivity index (χ3v) is 4.82. The van der Waals surface area contributed by atoms with Crippen LogP contribution < -0.4 is 10.1 Å². The van der Waals surface area contributed by atoms with Crippen LogP contribution in [-0.2, 0) is 19.7 Å². The monoisotopic (exact) mass is 387 g/mol. The van der Waals surface area contributed by atoms with Crippen LogP contribution >= 0.6 is 27.3 Å². The van der Waals surface area contributed by atoms with Crippen molar-refractivity contribution in [3.8, 4) is 5.75 Å². The van der Waals surface area contributed by atoms with Gasteiger partial charge in [0.15, 0.2) is 0 Å². The Morgan fingerprint density at radius 3 is 2.61 bits per heavy atom. The van der Waals surface area contributed by atoms with Gasteiger partial charge in [-0.25, -0.2) is 0 Å². The smallest absolute Gasteiger partial charge is 0.124 e. The van der Waals surface area contributed by atoms with Crippen molar-refractivity contribution < 1.29 is 4.74 Å². The van der Waals surface area contributed by atoms with Gasteiger partial charge in [-0.1, -0.05) is 52.3 Å². The first-order valence-electron chi connectivity index (χ1n) is 7.49. The Balaban J connectivity index is 1.62. The maximum Gasteiger partial charge on any atom is 0.124 e. The van der Waals surface area contributed by atoms with Crippen molar-refractivity contribution in [2.75, 3.05) is 0 Å². The number of hydrogen-bond donors (Lipinski definition) is 1. The van der Waals surface area contributed by atoms with Gasteiger partial charge in [-0.15, -0.1) is 11.3 Å². The second-order valence-corrected chi connectivity index (χ2v) is 7.16. The minimum Gasteiger partial charge on any atom is -0.489 e. The summed E-state index contributed by atoms with van der Waals surface area (Å²) in [7, 11) is 0.